The Morgan fingerprint density at radius 1 is 1.32 bits per heavy atom. The molecule has 2 N–H and O–H groups in total. The number of benzene rings is 1. The zero-order chi connectivity index (χ0) is 13.9. The quantitative estimate of drug-likeness (QED) is 0.875. The molecule has 1 amide bonds. The molecule has 104 valence electrons. The molecule has 0 bridgehead atoms. The highest BCUT2D eigenvalue weighted by molar-refractivity contribution is 5.82. The lowest BCUT2D eigenvalue weighted by Gasteiger charge is -2.26. The van der Waals surface area contributed by atoms with E-state index >= 15 is 0 Å². The first-order valence-corrected chi connectivity index (χ1v) is 7.03. The van der Waals surface area contributed by atoms with Crippen LogP contribution in [-0.2, 0) is 17.8 Å². The molecule has 0 saturated heterocycles. The third-order valence-electron chi connectivity index (χ3n) is 3.57. The molecule has 1 aromatic carbocycles. The van der Waals surface area contributed by atoms with Gasteiger partial charge >= 0.3 is 0 Å². The number of fused-ring (bicyclic) bond motifs is 1. The monoisotopic (exact) mass is 260 g/mol. The third kappa shape index (κ3) is 4.06. The molecule has 0 fully saturated rings. The first-order valence-electron chi connectivity index (χ1n) is 7.03. The minimum Gasteiger partial charge on any atom is -0.355 e. The van der Waals surface area contributed by atoms with E-state index < -0.39 is 0 Å². The maximum atomic E-state index is 12.1. The van der Waals surface area contributed by atoms with E-state index in [1.165, 1.54) is 11.1 Å². The normalized spacial score (nSPS) is 18.8. The molecule has 1 atom stereocenters. The maximum Gasteiger partial charge on any atom is 0.237 e. The van der Waals surface area contributed by atoms with Crippen molar-refractivity contribution in [3.05, 3.63) is 35.4 Å². The Hall–Kier alpha value is -1.35. The van der Waals surface area contributed by atoms with E-state index in [0.717, 1.165) is 25.9 Å². The Bertz CT molecular complexity index is 448. The van der Waals surface area contributed by atoms with Gasteiger partial charge in [0.25, 0.3) is 0 Å². The van der Waals surface area contributed by atoms with Crippen LogP contribution in [0.1, 0.15) is 38.3 Å². The number of rotatable bonds is 3. The van der Waals surface area contributed by atoms with Gasteiger partial charge in [-0.15, -0.1) is 0 Å². The van der Waals surface area contributed by atoms with E-state index in [1.807, 2.05) is 12.1 Å². The molecule has 0 spiro atoms. The summed E-state index contributed by atoms with van der Waals surface area (Å²) in [5.74, 6) is 0.124. The van der Waals surface area contributed by atoms with Gasteiger partial charge in [-0.1, -0.05) is 45.0 Å². The summed E-state index contributed by atoms with van der Waals surface area (Å²) in [4.78, 5) is 12.1. The van der Waals surface area contributed by atoms with Crippen molar-refractivity contribution >= 4 is 5.91 Å². The molecule has 1 aromatic rings. The summed E-state index contributed by atoms with van der Waals surface area (Å²) >= 11 is 0. The molecule has 19 heavy (non-hydrogen) atoms. The lowest BCUT2D eigenvalue weighted by molar-refractivity contribution is -0.123. The van der Waals surface area contributed by atoms with E-state index in [0.29, 0.717) is 0 Å². The fourth-order valence-electron chi connectivity index (χ4n) is 2.32. The molecule has 2 rings (SSSR count). The summed E-state index contributed by atoms with van der Waals surface area (Å²) in [6, 6.07) is 8.24. The van der Waals surface area contributed by atoms with Crippen LogP contribution in [-0.4, -0.2) is 18.5 Å². The summed E-state index contributed by atoms with van der Waals surface area (Å²) in [6.45, 7) is 8.10. The Kier molecular flexibility index (Phi) is 4.25. The van der Waals surface area contributed by atoms with Gasteiger partial charge in [0.1, 0.15) is 0 Å². The van der Waals surface area contributed by atoms with E-state index in [2.05, 4.69) is 43.5 Å². The Morgan fingerprint density at radius 3 is 2.68 bits per heavy atom. The average Bonchev–Trinajstić information content (AvgIpc) is 2.36. The highest BCUT2D eigenvalue weighted by Crippen LogP contribution is 2.18. The van der Waals surface area contributed by atoms with E-state index in [1.54, 1.807) is 0 Å². The summed E-state index contributed by atoms with van der Waals surface area (Å²) in [7, 11) is 0. The number of carbonyl (C=O) groups excluding carboxylic acids is 1. The second-order valence-corrected chi connectivity index (χ2v) is 6.51. The first-order chi connectivity index (χ1) is 8.96. The van der Waals surface area contributed by atoms with Crippen LogP contribution in [0.2, 0.25) is 0 Å². The highest BCUT2D eigenvalue weighted by Gasteiger charge is 2.23. The topological polar surface area (TPSA) is 41.1 Å². The molecule has 0 radical (unpaired) electrons. The zero-order valence-corrected chi connectivity index (χ0v) is 12.1. The van der Waals surface area contributed by atoms with Crippen LogP contribution in [0.25, 0.3) is 0 Å². The van der Waals surface area contributed by atoms with Crippen LogP contribution in [0.4, 0.5) is 0 Å². The van der Waals surface area contributed by atoms with Crippen molar-refractivity contribution in [1.29, 1.82) is 0 Å². The molecule has 3 nitrogen and oxygen atoms in total. The fourth-order valence-corrected chi connectivity index (χ4v) is 2.32. The minimum absolute atomic E-state index is 0.0881. The van der Waals surface area contributed by atoms with Crippen molar-refractivity contribution in [2.45, 2.75) is 46.2 Å². The molecule has 1 aliphatic heterocycles. The molecular weight excluding hydrogens is 236 g/mol. The van der Waals surface area contributed by atoms with Crippen LogP contribution < -0.4 is 10.6 Å². The van der Waals surface area contributed by atoms with Crippen molar-refractivity contribution in [3.63, 3.8) is 0 Å². The van der Waals surface area contributed by atoms with Gasteiger partial charge in [-0.05, 0) is 29.4 Å². The zero-order valence-electron chi connectivity index (χ0n) is 12.1. The summed E-state index contributed by atoms with van der Waals surface area (Å²) in [5, 5.41) is 6.35. The van der Waals surface area contributed by atoms with E-state index in [-0.39, 0.29) is 17.4 Å². The van der Waals surface area contributed by atoms with Gasteiger partial charge in [0, 0.05) is 13.1 Å². The predicted octanol–water partition coefficient (Wildman–Crippen LogP) is 2.25. The molecule has 1 heterocycles. The first kappa shape index (κ1) is 14.1. The van der Waals surface area contributed by atoms with Gasteiger partial charge in [0.15, 0.2) is 0 Å². The van der Waals surface area contributed by atoms with Crippen molar-refractivity contribution in [1.82, 2.24) is 10.6 Å². The number of hydrogen-bond acceptors (Lipinski definition) is 2. The van der Waals surface area contributed by atoms with Crippen LogP contribution in [0.5, 0.6) is 0 Å². The largest absolute Gasteiger partial charge is 0.355 e. The third-order valence-corrected chi connectivity index (χ3v) is 3.57. The fraction of sp³-hybridized carbons (Fsp3) is 0.562. The van der Waals surface area contributed by atoms with Gasteiger partial charge in [-0.2, -0.15) is 0 Å². The minimum atomic E-state index is -0.0881. The van der Waals surface area contributed by atoms with Crippen LogP contribution in [0.15, 0.2) is 24.3 Å². The summed E-state index contributed by atoms with van der Waals surface area (Å²) in [5.41, 5.74) is 2.86. The van der Waals surface area contributed by atoms with E-state index in [9.17, 15) is 4.79 Å². The van der Waals surface area contributed by atoms with Crippen LogP contribution in [0, 0.1) is 5.41 Å². The second-order valence-electron chi connectivity index (χ2n) is 6.51. The van der Waals surface area contributed by atoms with E-state index in [4.69, 9.17) is 0 Å². The van der Waals surface area contributed by atoms with Crippen LogP contribution >= 0.6 is 0 Å². The van der Waals surface area contributed by atoms with Gasteiger partial charge in [0.05, 0.1) is 6.04 Å². The van der Waals surface area contributed by atoms with Gasteiger partial charge < -0.3 is 10.6 Å². The summed E-state index contributed by atoms with van der Waals surface area (Å²) < 4.78 is 0. The molecular formula is C16H24N2O. The molecule has 0 unspecified atom stereocenters. The molecule has 1 aliphatic rings. The van der Waals surface area contributed by atoms with Gasteiger partial charge in [0.2, 0.25) is 5.91 Å². The molecule has 0 aromatic heterocycles. The number of hydrogen-bond donors (Lipinski definition) is 2. The number of carbonyl (C=O) groups is 1. The standard InChI is InChI=1S/C16H24N2O/c1-16(2,3)8-9-17-15(19)14-10-12-6-4-5-7-13(12)11-18-14/h4-7,14,18H,8-11H2,1-3H3,(H,17,19)/t14-/m1/s1. The number of nitrogens with one attached hydrogen (secondary N) is 2. The van der Waals surface area contributed by atoms with Crippen molar-refractivity contribution in [3.8, 4) is 0 Å². The second kappa shape index (κ2) is 5.74. The molecule has 3 heteroatoms. The predicted molar refractivity (Wildman–Crippen MR) is 77.9 cm³/mol. The van der Waals surface area contributed by atoms with Crippen molar-refractivity contribution in [2.24, 2.45) is 5.41 Å². The average molecular weight is 260 g/mol. The lowest BCUT2D eigenvalue weighted by atomic mass is 9.92. The highest BCUT2D eigenvalue weighted by atomic mass is 16.2. The maximum absolute atomic E-state index is 12.1. The number of amides is 1. The Labute approximate surface area is 115 Å². The Balaban J connectivity index is 1.85. The molecule has 0 saturated carbocycles. The van der Waals surface area contributed by atoms with Gasteiger partial charge in [-0.25, -0.2) is 0 Å². The SMILES string of the molecule is CC(C)(C)CCNC(=O)[C@H]1Cc2ccccc2CN1. The van der Waals surface area contributed by atoms with Crippen molar-refractivity contribution < 1.29 is 4.79 Å². The van der Waals surface area contributed by atoms with Gasteiger partial charge in [-0.3, -0.25) is 4.79 Å². The smallest absolute Gasteiger partial charge is 0.237 e. The van der Waals surface area contributed by atoms with Crippen molar-refractivity contribution in [2.75, 3.05) is 6.54 Å². The Morgan fingerprint density at radius 2 is 2.00 bits per heavy atom. The van der Waals surface area contributed by atoms with Crippen LogP contribution in [0.3, 0.4) is 0 Å². The lowest BCUT2D eigenvalue weighted by Crippen LogP contribution is -2.48. The molecule has 0 aliphatic carbocycles. The summed E-state index contributed by atoms with van der Waals surface area (Å²) in [6.07, 6.45) is 1.79.